The molecule has 1 aromatic heterocycles. The normalized spacial score (nSPS) is 21.0. The highest BCUT2D eigenvalue weighted by Gasteiger charge is 2.22. The predicted octanol–water partition coefficient (Wildman–Crippen LogP) is 1.66. The third-order valence-electron chi connectivity index (χ3n) is 2.77. The Balaban J connectivity index is 2.26. The molecule has 0 unspecified atom stereocenters. The Bertz CT molecular complexity index is 349. The molecular weight excluding hydrogens is 178 g/mol. The Hall–Kier alpha value is -1.38. The minimum Gasteiger partial charge on any atom is -0.481 e. The van der Waals surface area contributed by atoms with Gasteiger partial charge in [-0.25, -0.2) is 0 Å². The summed E-state index contributed by atoms with van der Waals surface area (Å²) >= 11 is 0. The molecule has 2 rings (SSSR count). The smallest absolute Gasteiger partial charge is 0.306 e. The van der Waals surface area contributed by atoms with E-state index in [-0.39, 0.29) is 5.92 Å². The van der Waals surface area contributed by atoms with Gasteiger partial charge in [0.25, 0.3) is 0 Å². The number of fused-ring (bicyclic) bond motifs is 1. The molecular formula is C11H13NO2. The molecule has 1 aliphatic rings. The quantitative estimate of drug-likeness (QED) is 0.687. The van der Waals surface area contributed by atoms with Gasteiger partial charge in [-0.1, -0.05) is 6.07 Å². The first-order valence-electron chi connectivity index (χ1n) is 4.93. The van der Waals surface area contributed by atoms with E-state index < -0.39 is 5.97 Å². The van der Waals surface area contributed by atoms with Crippen LogP contribution in [0.15, 0.2) is 18.3 Å². The Morgan fingerprint density at radius 2 is 2.43 bits per heavy atom. The largest absolute Gasteiger partial charge is 0.481 e. The minimum absolute atomic E-state index is 0.222. The van der Waals surface area contributed by atoms with Gasteiger partial charge in [-0.2, -0.15) is 0 Å². The van der Waals surface area contributed by atoms with Crippen LogP contribution in [0.5, 0.6) is 0 Å². The number of carbonyl (C=O) groups is 1. The number of aryl methyl sites for hydroxylation is 1. The van der Waals surface area contributed by atoms with Crippen molar-refractivity contribution in [2.24, 2.45) is 5.92 Å². The molecule has 0 fully saturated rings. The van der Waals surface area contributed by atoms with Crippen molar-refractivity contribution in [1.82, 2.24) is 4.98 Å². The number of aliphatic carboxylic acids is 1. The van der Waals surface area contributed by atoms with E-state index in [1.165, 1.54) is 0 Å². The molecule has 0 saturated carbocycles. The van der Waals surface area contributed by atoms with Crippen molar-refractivity contribution in [3.8, 4) is 0 Å². The first kappa shape index (κ1) is 9.19. The zero-order valence-electron chi connectivity index (χ0n) is 7.94. The highest BCUT2D eigenvalue weighted by Crippen LogP contribution is 2.22. The van der Waals surface area contributed by atoms with Crippen molar-refractivity contribution >= 4 is 5.97 Å². The standard InChI is InChI=1S/C11H13NO2/c13-11(14)9-3-1-5-10-8(7-9)4-2-6-12-10/h2,4,6,9H,1,3,5,7H2,(H,13,14)/t9-/m0/s1. The van der Waals surface area contributed by atoms with Crippen LogP contribution in [0, 0.1) is 5.92 Å². The summed E-state index contributed by atoms with van der Waals surface area (Å²) in [6.07, 6.45) is 5.03. The van der Waals surface area contributed by atoms with E-state index >= 15 is 0 Å². The molecule has 0 aromatic carbocycles. The van der Waals surface area contributed by atoms with E-state index in [9.17, 15) is 4.79 Å². The monoisotopic (exact) mass is 191 g/mol. The lowest BCUT2D eigenvalue weighted by atomic mass is 9.98. The van der Waals surface area contributed by atoms with Gasteiger partial charge in [-0.05, 0) is 37.3 Å². The second kappa shape index (κ2) is 3.78. The third-order valence-corrected chi connectivity index (χ3v) is 2.77. The van der Waals surface area contributed by atoms with Gasteiger partial charge < -0.3 is 5.11 Å². The van der Waals surface area contributed by atoms with Crippen molar-refractivity contribution in [3.63, 3.8) is 0 Å². The molecule has 74 valence electrons. The average Bonchev–Trinajstić information content (AvgIpc) is 2.39. The summed E-state index contributed by atoms with van der Waals surface area (Å²) in [7, 11) is 0. The fraction of sp³-hybridized carbons (Fsp3) is 0.455. The van der Waals surface area contributed by atoms with E-state index in [4.69, 9.17) is 5.11 Å². The van der Waals surface area contributed by atoms with Gasteiger partial charge in [0.15, 0.2) is 0 Å². The lowest BCUT2D eigenvalue weighted by Gasteiger charge is -2.08. The van der Waals surface area contributed by atoms with Crippen LogP contribution in [0.4, 0.5) is 0 Å². The van der Waals surface area contributed by atoms with Gasteiger partial charge in [-0.3, -0.25) is 9.78 Å². The lowest BCUT2D eigenvalue weighted by Crippen LogP contribution is -2.15. The van der Waals surface area contributed by atoms with Crippen LogP contribution >= 0.6 is 0 Å². The maximum Gasteiger partial charge on any atom is 0.306 e. The van der Waals surface area contributed by atoms with Gasteiger partial charge in [0, 0.05) is 11.9 Å². The molecule has 1 aliphatic carbocycles. The summed E-state index contributed by atoms with van der Waals surface area (Å²) < 4.78 is 0. The summed E-state index contributed by atoms with van der Waals surface area (Å²) in [5, 5.41) is 8.97. The van der Waals surface area contributed by atoms with Crippen molar-refractivity contribution in [2.45, 2.75) is 25.7 Å². The van der Waals surface area contributed by atoms with E-state index in [0.29, 0.717) is 6.42 Å². The summed E-state index contributed by atoms with van der Waals surface area (Å²) in [5.41, 5.74) is 2.19. The van der Waals surface area contributed by atoms with E-state index in [1.54, 1.807) is 6.20 Å². The molecule has 3 heteroatoms. The second-order valence-corrected chi connectivity index (χ2v) is 3.74. The zero-order chi connectivity index (χ0) is 9.97. The number of hydrogen-bond acceptors (Lipinski definition) is 2. The SMILES string of the molecule is O=C(O)[C@H]1CCCc2ncccc2C1. The summed E-state index contributed by atoms with van der Waals surface area (Å²) in [6, 6.07) is 3.87. The molecule has 0 bridgehead atoms. The van der Waals surface area contributed by atoms with Crippen LogP contribution in [-0.2, 0) is 17.6 Å². The highest BCUT2D eigenvalue weighted by molar-refractivity contribution is 5.70. The van der Waals surface area contributed by atoms with Crippen molar-refractivity contribution in [2.75, 3.05) is 0 Å². The third kappa shape index (κ3) is 1.76. The lowest BCUT2D eigenvalue weighted by molar-refractivity contribution is -0.141. The van der Waals surface area contributed by atoms with Crippen LogP contribution in [-0.4, -0.2) is 16.1 Å². The Morgan fingerprint density at radius 3 is 3.21 bits per heavy atom. The number of hydrogen-bond donors (Lipinski definition) is 1. The molecule has 0 spiro atoms. The van der Waals surface area contributed by atoms with Crippen LogP contribution in [0.2, 0.25) is 0 Å². The molecule has 0 radical (unpaired) electrons. The summed E-state index contributed by atoms with van der Waals surface area (Å²) in [4.78, 5) is 15.2. The molecule has 0 saturated heterocycles. The van der Waals surface area contributed by atoms with E-state index in [0.717, 1.165) is 30.5 Å². The number of pyridine rings is 1. The van der Waals surface area contributed by atoms with E-state index in [2.05, 4.69) is 4.98 Å². The van der Waals surface area contributed by atoms with Gasteiger partial charge in [0.05, 0.1) is 5.92 Å². The summed E-state index contributed by atoms with van der Waals surface area (Å²) in [5.74, 6) is -0.901. The zero-order valence-corrected chi connectivity index (χ0v) is 7.94. The van der Waals surface area contributed by atoms with Crippen LogP contribution in [0.3, 0.4) is 0 Å². The predicted molar refractivity (Wildman–Crippen MR) is 52.0 cm³/mol. The fourth-order valence-electron chi connectivity index (χ4n) is 1.98. The first-order valence-corrected chi connectivity index (χ1v) is 4.93. The average molecular weight is 191 g/mol. The fourth-order valence-corrected chi connectivity index (χ4v) is 1.98. The number of rotatable bonds is 1. The molecule has 0 aliphatic heterocycles. The Morgan fingerprint density at radius 1 is 1.57 bits per heavy atom. The maximum absolute atomic E-state index is 10.9. The summed E-state index contributed by atoms with van der Waals surface area (Å²) in [6.45, 7) is 0. The van der Waals surface area contributed by atoms with Gasteiger partial charge >= 0.3 is 5.97 Å². The van der Waals surface area contributed by atoms with Crippen LogP contribution in [0.1, 0.15) is 24.1 Å². The second-order valence-electron chi connectivity index (χ2n) is 3.74. The molecule has 1 aromatic rings. The highest BCUT2D eigenvalue weighted by atomic mass is 16.4. The topological polar surface area (TPSA) is 50.2 Å². The Kier molecular flexibility index (Phi) is 2.48. The number of carboxylic acids is 1. The molecule has 14 heavy (non-hydrogen) atoms. The van der Waals surface area contributed by atoms with Crippen LogP contribution < -0.4 is 0 Å². The van der Waals surface area contributed by atoms with Crippen LogP contribution in [0.25, 0.3) is 0 Å². The van der Waals surface area contributed by atoms with E-state index in [1.807, 2.05) is 12.1 Å². The first-order chi connectivity index (χ1) is 6.77. The van der Waals surface area contributed by atoms with Gasteiger partial charge in [-0.15, -0.1) is 0 Å². The van der Waals surface area contributed by atoms with Crippen molar-refractivity contribution < 1.29 is 9.90 Å². The minimum atomic E-state index is -0.679. The Labute approximate surface area is 82.8 Å². The van der Waals surface area contributed by atoms with Gasteiger partial charge in [0.2, 0.25) is 0 Å². The molecule has 1 N–H and O–H groups in total. The van der Waals surface area contributed by atoms with Gasteiger partial charge in [0.1, 0.15) is 0 Å². The number of aromatic nitrogens is 1. The van der Waals surface area contributed by atoms with Crippen molar-refractivity contribution in [3.05, 3.63) is 29.6 Å². The molecule has 0 amide bonds. The van der Waals surface area contributed by atoms with Crippen molar-refractivity contribution in [1.29, 1.82) is 0 Å². The maximum atomic E-state index is 10.9. The molecule has 3 nitrogen and oxygen atoms in total. The number of nitrogens with zero attached hydrogens (tertiary/aromatic N) is 1. The molecule has 1 heterocycles. The molecule has 1 atom stereocenters. The number of carboxylic acid groups (broad SMARTS) is 1.